The maximum atomic E-state index is 6.07. The topological polar surface area (TPSA) is 64.3 Å². The van der Waals surface area contributed by atoms with Crippen molar-refractivity contribution < 1.29 is 4.74 Å². The number of nitrogens with zero attached hydrogens (tertiary/aromatic N) is 3. The van der Waals surface area contributed by atoms with Gasteiger partial charge in [0.2, 0.25) is 5.95 Å². The number of hydrogen-bond acceptors (Lipinski definition) is 5. The molecule has 1 aromatic heterocycles. The van der Waals surface area contributed by atoms with Crippen molar-refractivity contribution in [2.45, 2.75) is 26.1 Å². The number of benzene rings is 1. The van der Waals surface area contributed by atoms with Crippen molar-refractivity contribution in [2.24, 2.45) is 0 Å². The van der Waals surface area contributed by atoms with Crippen LogP contribution in [0.3, 0.4) is 0 Å². The van der Waals surface area contributed by atoms with Crippen molar-refractivity contribution in [3.05, 3.63) is 47.7 Å². The van der Waals surface area contributed by atoms with E-state index in [0.717, 1.165) is 24.6 Å². The highest BCUT2D eigenvalue weighted by atomic mass is 16.5. The third kappa shape index (κ3) is 3.13. The lowest BCUT2D eigenvalue weighted by Gasteiger charge is -2.37. The number of aryl methyl sites for hydroxylation is 1. The predicted molar refractivity (Wildman–Crippen MR) is 83.1 cm³/mol. The SMILES string of the molecule is Cc1cc(N2C[C@@H](C)O[C@H](c3ccccc3)C2)nc(N)n1. The number of rotatable bonds is 2. The number of morpholine rings is 1. The molecule has 2 N–H and O–H groups in total. The van der Waals surface area contributed by atoms with Crippen molar-refractivity contribution in [3.8, 4) is 0 Å². The molecule has 2 atom stereocenters. The molecule has 2 heterocycles. The van der Waals surface area contributed by atoms with Crippen LogP contribution in [0.25, 0.3) is 0 Å². The summed E-state index contributed by atoms with van der Waals surface area (Å²) in [5, 5.41) is 0. The van der Waals surface area contributed by atoms with Crippen molar-refractivity contribution in [1.29, 1.82) is 0 Å². The van der Waals surface area contributed by atoms with Crippen LogP contribution in [-0.4, -0.2) is 29.2 Å². The zero-order valence-corrected chi connectivity index (χ0v) is 12.4. The van der Waals surface area contributed by atoms with Crippen LogP contribution in [0.2, 0.25) is 0 Å². The van der Waals surface area contributed by atoms with Crippen LogP contribution in [0.15, 0.2) is 36.4 Å². The van der Waals surface area contributed by atoms with E-state index >= 15 is 0 Å². The van der Waals surface area contributed by atoms with E-state index in [9.17, 15) is 0 Å². The van der Waals surface area contributed by atoms with Gasteiger partial charge in [-0.2, -0.15) is 4.98 Å². The fraction of sp³-hybridized carbons (Fsp3) is 0.375. The van der Waals surface area contributed by atoms with Crippen molar-refractivity contribution in [2.75, 3.05) is 23.7 Å². The van der Waals surface area contributed by atoms with Gasteiger partial charge in [0.25, 0.3) is 0 Å². The molecule has 110 valence electrons. The zero-order chi connectivity index (χ0) is 14.8. The summed E-state index contributed by atoms with van der Waals surface area (Å²) in [5.74, 6) is 1.19. The van der Waals surface area contributed by atoms with Gasteiger partial charge >= 0.3 is 0 Å². The summed E-state index contributed by atoms with van der Waals surface area (Å²) >= 11 is 0. The highest BCUT2D eigenvalue weighted by Gasteiger charge is 2.27. The molecule has 3 rings (SSSR count). The first-order chi connectivity index (χ1) is 10.1. The summed E-state index contributed by atoms with van der Waals surface area (Å²) < 4.78 is 6.07. The van der Waals surface area contributed by atoms with Crippen LogP contribution >= 0.6 is 0 Å². The maximum absolute atomic E-state index is 6.07. The molecule has 21 heavy (non-hydrogen) atoms. The van der Waals surface area contributed by atoms with E-state index < -0.39 is 0 Å². The van der Waals surface area contributed by atoms with Crippen molar-refractivity contribution in [1.82, 2.24) is 9.97 Å². The minimum atomic E-state index is 0.0476. The van der Waals surface area contributed by atoms with Crippen LogP contribution in [0.1, 0.15) is 24.3 Å². The highest BCUT2D eigenvalue weighted by Crippen LogP contribution is 2.28. The van der Waals surface area contributed by atoms with Gasteiger partial charge in [0, 0.05) is 24.8 Å². The average Bonchev–Trinajstić information content (AvgIpc) is 2.46. The minimum absolute atomic E-state index is 0.0476. The normalized spacial score (nSPS) is 22.3. The van der Waals surface area contributed by atoms with E-state index in [0.29, 0.717) is 5.95 Å². The lowest BCUT2D eigenvalue weighted by molar-refractivity contribution is -0.0176. The van der Waals surface area contributed by atoms with E-state index in [2.05, 4.69) is 33.9 Å². The summed E-state index contributed by atoms with van der Waals surface area (Å²) in [4.78, 5) is 10.7. The highest BCUT2D eigenvalue weighted by molar-refractivity contribution is 5.44. The second-order valence-corrected chi connectivity index (χ2v) is 5.48. The number of nitrogens with two attached hydrogens (primary N) is 1. The van der Waals surface area contributed by atoms with Gasteiger partial charge in [0.1, 0.15) is 11.9 Å². The number of anilines is 2. The number of hydrogen-bond donors (Lipinski definition) is 1. The van der Waals surface area contributed by atoms with Crippen LogP contribution in [0.5, 0.6) is 0 Å². The van der Waals surface area contributed by atoms with Crippen molar-refractivity contribution >= 4 is 11.8 Å². The second-order valence-electron chi connectivity index (χ2n) is 5.48. The first kappa shape index (κ1) is 13.8. The molecule has 1 fully saturated rings. The van der Waals surface area contributed by atoms with Gasteiger partial charge in [-0.1, -0.05) is 30.3 Å². The van der Waals surface area contributed by atoms with Crippen LogP contribution in [-0.2, 0) is 4.74 Å². The number of nitrogen functional groups attached to an aromatic ring is 1. The molecule has 0 spiro atoms. The summed E-state index contributed by atoms with van der Waals surface area (Å²) in [6.07, 6.45) is 0.187. The largest absolute Gasteiger partial charge is 0.368 e. The summed E-state index contributed by atoms with van der Waals surface area (Å²) in [6, 6.07) is 12.3. The molecule has 1 aliphatic heterocycles. The molecule has 1 aliphatic rings. The van der Waals surface area contributed by atoms with E-state index in [4.69, 9.17) is 10.5 Å². The van der Waals surface area contributed by atoms with E-state index in [1.165, 1.54) is 5.56 Å². The molecule has 0 radical (unpaired) electrons. The third-order valence-corrected chi connectivity index (χ3v) is 3.61. The second kappa shape index (κ2) is 5.69. The van der Waals surface area contributed by atoms with Crippen molar-refractivity contribution in [3.63, 3.8) is 0 Å². The molecule has 2 aromatic rings. The van der Waals surface area contributed by atoms with E-state index in [-0.39, 0.29) is 12.2 Å². The molecular weight excluding hydrogens is 264 g/mol. The fourth-order valence-corrected chi connectivity index (χ4v) is 2.73. The molecule has 0 aliphatic carbocycles. The van der Waals surface area contributed by atoms with E-state index in [1.807, 2.05) is 31.2 Å². The van der Waals surface area contributed by atoms with Gasteiger partial charge in [-0.05, 0) is 19.4 Å². The molecule has 0 bridgehead atoms. The zero-order valence-electron chi connectivity index (χ0n) is 12.4. The van der Waals surface area contributed by atoms with Gasteiger partial charge < -0.3 is 15.4 Å². The maximum Gasteiger partial charge on any atom is 0.222 e. The molecule has 1 aromatic carbocycles. The Hall–Kier alpha value is -2.14. The Labute approximate surface area is 124 Å². The quantitative estimate of drug-likeness (QED) is 0.917. The number of aromatic nitrogens is 2. The predicted octanol–water partition coefficient (Wildman–Crippen LogP) is 2.33. The molecule has 1 saturated heterocycles. The van der Waals surface area contributed by atoms with Gasteiger partial charge in [-0.3, -0.25) is 0 Å². The van der Waals surface area contributed by atoms with Crippen LogP contribution < -0.4 is 10.6 Å². The summed E-state index contributed by atoms with van der Waals surface area (Å²) in [5.41, 5.74) is 7.84. The van der Waals surface area contributed by atoms with Crippen LogP contribution in [0.4, 0.5) is 11.8 Å². The Morgan fingerprint density at radius 1 is 1.19 bits per heavy atom. The molecule has 5 heteroatoms. The Morgan fingerprint density at radius 3 is 2.67 bits per heavy atom. The van der Waals surface area contributed by atoms with Gasteiger partial charge in [-0.15, -0.1) is 0 Å². The molecule has 0 saturated carbocycles. The fourth-order valence-electron chi connectivity index (χ4n) is 2.73. The Kier molecular flexibility index (Phi) is 3.75. The summed E-state index contributed by atoms with van der Waals surface area (Å²) in [6.45, 7) is 5.59. The van der Waals surface area contributed by atoms with Gasteiger partial charge in [-0.25, -0.2) is 4.98 Å². The lowest BCUT2D eigenvalue weighted by atomic mass is 10.1. The first-order valence-electron chi connectivity index (χ1n) is 7.18. The molecule has 5 nitrogen and oxygen atoms in total. The Morgan fingerprint density at radius 2 is 1.95 bits per heavy atom. The molecule has 0 unspecified atom stereocenters. The van der Waals surface area contributed by atoms with Gasteiger partial charge in [0.15, 0.2) is 0 Å². The first-order valence-corrected chi connectivity index (χ1v) is 7.18. The monoisotopic (exact) mass is 284 g/mol. The lowest BCUT2D eigenvalue weighted by Crippen LogP contribution is -2.43. The Bertz CT molecular complexity index is 597. The summed E-state index contributed by atoms with van der Waals surface area (Å²) in [7, 11) is 0. The smallest absolute Gasteiger partial charge is 0.222 e. The standard InChI is InChI=1S/C16H20N4O/c1-11-8-15(19-16(17)18-11)20-9-12(2)21-14(10-20)13-6-4-3-5-7-13/h3-8,12,14H,9-10H2,1-2H3,(H2,17,18,19)/t12-,14+/m1/s1. The Balaban J connectivity index is 1.86. The average molecular weight is 284 g/mol. The van der Waals surface area contributed by atoms with Crippen LogP contribution in [0, 0.1) is 6.92 Å². The van der Waals surface area contributed by atoms with E-state index in [1.54, 1.807) is 0 Å². The third-order valence-electron chi connectivity index (χ3n) is 3.61. The molecule has 0 amide bonds. The van der Waals surface area contributed by atoms with Gasteiger partial charge in [0.05, 0.1) is 6.10 Å². The number of ether oxygens (including phenoxy) is 1. The molecular formula is C16H20N4O. The minimum Gasteiger partial charge on any atom is -0.368 e.